The van der Waals surface area contributed by atoms with Crippen LogP contribution < -0.4 is 0 Å². The summed E-state index contributed by atoms with van der Waals surface area (Å²) >= 11 is 0. The summed E-state index contributed by atoms with van der Waals surface area (Å²) in [6.07, 6.45) is 3.55. The molecule has 0 saturated carbocycles. The van der Waals surface area contributed by atoms with E-state index in [0.717, 1.165) is 5.76 Å². The van der Waals surface area contributed by atoms with Gasteiger partial charge in [-0.05, 0) is 65.0 Å². The first kappa shape index (κ1) is 23.1. The van der Waals surface area contributed by atoms with Crippen LogP contribution in [0.4, 0.5) is 0 Å². The quantitative estimate of drug-likeness (QED) is 0.608. The van der Waals surface area contributed by atoms with Gasteiger partial charge in [0.25, 0.3) is 5.91 Å². The number of hydrogen-bond donors (Lipinski definition) is 0. The number of benzene rings is 1. The van der Waals surface area contributed by atoms with E-state index in [9.17, 15) is 4.79 Å². The van der Waals surface area contributed by atoms with Gasteiger partial charge < -0.3 is 18.8 Å². The van der Waals surface area contributed by atoms with Crippen molar-refractivity contribution in [3.8, 4) is 0 Å². The molecule has 5 nitrogen and oxygen atoms in total. The van der Waals surface area contributed by atoms with E-state index in [-0.39, 0.29) is 23.0 Å². The maximum absolute atomic E-state index is 12.8. The summed E-state index contributed by atoms with van der Waals surface area (Å²) in [4.78, 5) is 14.4. The summed E-state index contributed by atoms with van der Waals surface area (Å²) in [5.74, 6) is 1.09. The Balaban J connectivity index is 1.48. The van der Waals surface area contributed by atoms with Crippen LogP contribution in [0.25, 0.3) is 0 Å². The van der Waals surface area contributed by atoms with Gasteiger partial charge in [-0.1, -0.05) is 39.8 Å². The van der Waals surface area contributed by atoms with Crippen LogP contribution in [-0.2, 0) is 26.7 Å². The fourth-order valence-corrected chi connectivity index (χ4v) is 4.90. The van der Waals surface area contributed by atoms with Gasteiger partial charge in [-0.2, -0.15) is 0 Å². The van der Waals surface area contributed by atoms with Crippen LogP contribution in [0.5, 0.6) is 0 Å². The Morgan fingerprint density at radius 3 is 2.31 bits per heavy atom. The number of furan rings is 1. The zero-order chi connectivity index (χ0) is 23.1. The van der Waals surface area contributed by atoms with Gasteiger partial charge >= 0.3 is 0 Å². The van der Waals surface area contributed by atoms with E-state index in [0.29, 0.717) is 38.4 Å². The molecule has 2 heterocycles. The molecule has 32 heavy (non-hydrogen) atoms. The Morgan fingerprint density at radius 2 is 1.66 bits per heavy atom. The molecule has 2 aromatic rings. The molecule has 0 radical (unpaired) electrons. The number of ether oxygens (including phenoxy) is 2. The third kappa shape index (κ3) is 4.65. The van der Waals surface area contributed by atoms with Crippen molar-refractivity contribution >= 4 is 5.91 Å². The van der Waals surface area contributed by atoms with Crippen molar-refractivity contribution in [2.45, 2.75) is 77.4 Å². The van der Waals surface area contributed by atoms with Gasteiger partial charge in [0.2, 0.25) is 0 Å². The van der Waals surface area contributed by atoms with Gasteiger partial charge in [-0.25, -0.2) is 0 Å². The maximum atomic E-state index is 12.8. The molecule has 1 amide bonds. The Hall–Kier alpha value is -2.11. The van der Waals surface area contributed by atoms with Crippen LogP contribution in [0.2, 0.25) is 0 Å². The highest BCUT2D eigenvalue weighted by atomic mass is 16.7. The molecule has 1 aliphatic heterocycles. The zero-order valence-corrected chi connectivity index (χ0v) is 20.4. The third-order valence-corrected chi connectivity index (χ3v) is 7.28. The number of aryl methyl sites for hydroxylation is 1. The fourth-order valence-electron chi connectivity index (χ4n) is 4.90. The van der Waals surface area contributed by atoms with Gasteiger partial charge in [0, 0.05) is 26.4 Å². The van der Waals surface area contributed by atoms with Gasteiger partial charge in [0.15, 0.2) is 12.1 Å². The lowest BCUT2D eigenvalue weighted by molar-refractivity contribution is -0.0495. The molecule has 4 rings (SSSR count). The van der Waals surface area contributed by atoms with Crippen LogP contribution in [0.3, 0.4) is 0 Å². The molecule has 0 atom stereocenters. The minimum Gasteiger partial charge on any atom is -0.456 e. The number of carbonyl (C=O) groups excluding carboxylic acids is 1. The fraction of sp³-hybridized carbons (Fsp3) is 0.593. The highest BCUT2D eigenvalue weighted by Gasteiger charge is 2.37. The lowest BCUT2D eigenvalue weighted by Gasteiger charge is -2.42. The Labute approximate surface area is 192 Å². The van der Waals surface area contributed by atoms with Crippen molar-refractivity contribution in [3.05, 3.63) is 58.0 Å². The molecule has 0 unspecified atom stereocenters. The molecule has 2 aliphatic rings. The Bertz CT molecular complexity index is 982. The summed E-state index contributed by atoms with van der Waals surface area (Å²) < 4.78 is 16.9. The van der Waals surface area contributed by atoms with E-state index >= 15 is 0 Å². The number of rotatable bonds is 6. The molecule has 1 aliphatic carbocycles. The minimum absolute atomic E-state index is 0.112. The number of carbonyl (C=O) groups is 1. The molecule has 174 valence electrons. The maximum Gasteiger partial charge on any atom is 0.289 e. The monoisotopic (exact) mass is 439 g/mol. The molecule has 5 heteroatoms. The van der Waals surface area contributed by atoms with Crippen molar-refractivity contribution in [2.75, 3.05) is 26.8 Å². The van der Waals surface area contributed by atoms with Crippen molar-refractivity contribution < 1.29 is 18.7 Å². The predicted octanol–water partition coefficient (Wildman–Crippen LogP) is 5.36. The van der Waals surface area contributed by atoms with E-state index in [1.807, 2.05) is 6.07 Å². The van der Waals surface area contributed by atoms with Crippen LogP contribution in [-0.4, -0.2) is 43.9 Å². The number of fused-ring (bicyclic) bond motifs is 1. The average molecular weight is 440 g/mol. The normalized spacial score (nSPS) is 19.7. The molecule has 0 N–H and O–H groups in total. The SMILES string of the molecule is Cc1cc2c(cc1Cc1ccc(C(=O)N(C)CCC3OCCO3)o1)C(C)(C)CCC2(C)C. The largest absolute Gasteiger partial charge is 0.456 e. The summed E-state index contributed by atoms with van der Waals surface area (Å²) in [6, 6.07) is 8.47. The van der Waals surface area contributed by atoms with Gasteiger partial charge in [-0.15, -0.1) is 0 Å². The second-order valence-electron chi connectivity index (χ2n) is 10.7. The first-order valence-corrected chi connectivity index (χ1v) is 11.8. The lowest BCUT2D eigenvalue weighted by Crippen LogP contribution is -2.34. The molecular formula is C27H37NO4. The van der Waals surface area contributed by atoms with E-state index in [1.54, 1.807) is 18.0 Å². The third-order valence-electron chi connectivity index (χ3n) is 7.28. The second-order valence-corrected chi connectivity index (χ2v) is 10.7. The number of hydrogen-bond acceptors (Lipinski definition) is 4. The van der Waals surface area contributed by atoms with E-state index < -0.39 is 0 Å². The molecule has 0 bridgehead atoms. The van der Waals surface area contributed by atoms with Gasteiger partial charge in [0.05, 0.1) is 13.2 Å². The topological polar surface area (TPSA) is 51.9 Å². The summed E-state index contributed by atoms with van der Waals surface area (Å²) in [7, 11) is 1.79. The smallest absolute Gasteiger partial charge is 0.289 e. The standard InChI is InChI=1S/C27H37NO4/c1-18-15-21-22(27(4,5)11-10-26(21,2)3)17-19(18)16-20-7-8-23(32-20)25(29)28(6)12-9-24-30-13-14-31-24/h7-8,15,17,24H,9-14,16H2,1-6H3. The summed E-state index contributed by atoms with van der Waals surface area (Å²) in [5, 5.41) is 0. The molecule has 0 spiro atoms. The first-order chi connectivity index (χ1) is 15.1. The van der Waals surface area contributed by atoms with Crippen molar-refractivity contribution in [1.82, 2.24) is 4.90 Å². The lowest BCUT2D eigenvalue weighted by atomic mass is 9.62. The highest BCUT2D eigenvalue weighted by Crippen LogP contribution is 2.46. The van der Waals surface area contributed by atoms with E-state index in [4.69, 9.17) is 13.9 Å². The molecule has 1 aromatic carbocycles. The molecular weight excluding hydrogens is 402 g/mol. The Morgan fingerprint density at radius 1 is 1.03 bits per heavy atom. The number of amides is 1. The summed E-state index contributed by atoms with van der Waals surface area (Å²) in [5.41, 5.74) is 5.86. The van der Waals surface area contributed by atoms with Crippen LogP contribution >= 0.6 is 0 Å². The first-order valence-electron chi connectivity index (χ1n) is 11.8. The predicted molar refractivity (Wildman–Crippen MR) is 125 cm³/mol. The zero-order valence-electron chi connectivity index (χ0n) is 20.4. The average Bonchev–Trinajstić information content (AvgIpc) is 3.42. The second kappa shape index (κ2) is 8.68. The van der Waals surface area contributed by atoms with Crippen molar-refractivity contribution in [3.63, 3.8) is 0 Å². The van der Waals surface area contributed by atoms with Crippen molar-refractivity contribution in [2.24, 2.45) is 0 Å². The highest BCUT2D eigenvalue weighted by molar-refractivity contribution is 5.91. The minimum atomic E-state index is -0.210. The molecule has 1 saturated heterocycles. The number of nitrogens with zero attached hydrogens (tertiary/aromatic N) is 1. The van der Waals surface area contributed by atoms with Crippen LogP contribution in [0, 0.1) is 6.92 Å². The summed E-state index contributed by atoms with van der Waals surface area (Å²) in [6.45, 7) is 13.4. The Kier molecular flexibility index (Phi) is 6.25. The van der Waals surface area contributed by atoms with Crippen LogP contribution in [0.1, 0.15) is 85.5 Å². The van der Waals surface area contributed by atoms with Gasteiger partial charge in [-0.3, -0.25) is 4.79 Å². The molecule has 1 aromatic heterocycles. The van der Waals surface area contributed by atoms with Crippen LogP contribution in [0.15, 0.2) is 28.7 Å². The van der Waals surface area contributed by atoms with Crippen molar-refractivity contribution in [1.29, 1.82) is 0 Å². The van der Waals surface area contributed by atoms with E-state index in [2.05, 4.69) is 46.8 Å². The van der Waals surface area contributed by atoms with Gasteiger partial charge in [0.1, 0.15) is 5.76 Å². The molecule has 1 fully saturated rings. The van der Waals surface area contributed by atoms with E-state index in [1.165, 1.54) is 35.1 Å².